The van der Waals surface area contributed by atoms with Crippen LogP contribution in [0.25, 0.3) is 6.08 Å². The zero-order valence-corrected chi connectivity index (χ0v) is 18.5. The van der Waals surface area contributed by atoms with E-state index in [1.807, 2.05) is 6.07 Å². The first-order chi connectivity index (χ1) is 14.8. The van der Waals surface area contributed by atoms with Gasteiger partial charge in [-0.2, -0.15) is 0 Å². The lowest BCUT2D eigenvalue weighted by Gasteiger charge is -2.11. The van der Waals surface area contributed by atoms with Gasteiger partial charge in [-0.15, -0.1) is 11.6 Å². The van der Waals surface area contributed by atoms with Gasteiger partial charge in [0.05, 0.1) is 5.56 Å². The average Bonchev–Trinajstić information content (AvgIpc) is 3.06. The number of alkyl halides is 1. The highest BCUT2D eigenvalue weighted by atomic mass is 35.5. The highest BCUT2D eigenvalue weighted by Gasteiger charge is 2.31. The van der Waals surface area contributed by atoms with E-state index < -0.39 is 11.3 Å². The SMILES string of the molecule is Cc1cc(OC(=O)C(Cl)c2ccccc2)cc2c1C(=O)/C(=C/c1c(Cl)cccc1Cl)O2. The minimum absolute atomic E-state index is 0.0797. The van der Waals surface area contributed by atoms with Crippen LogP contribution in [0.1, 0.15) is 32.4 Å². The number of esters is 1. The minimum Gasteiger partial charge on any atom is -0.452 e. The van der Waals surface area contributed by atoms with E-state index in [4.69, 9.17) is 44.3 Å². The summed E-state index contributed by atoms with van der Waals surface area (Å²) in [4.78, 5) is 25.3. The van der Waals surface area contributed by atoms with Crippen LogP contribution in [0.15, 0.2) is 66.4 Å². The minimum atomic E-state index is -0.963. The highest BCUT2D eigenvalue weighted by molar-refractivity contribution is 6.37. The van der Waals surface area contributed by atoms with Gasteiger partial charge in [0.1, 0.15) is 11.5 Å². The number of ketones is 1. The fraction of sp³-hybridized carbons (Fsp3) is 0.0833. The molecule has 0 fully saturated rings. The molecule has 3 aromatic rings. The Kier molecular flexibility index (Phi) is 6.05. The lowest BCUT2D eigenvalue weighted by atomic mass is 10.0. The predicted molar refractivity (Wildman–Crippen MR) is 121 cm³/mol. The maximum absolute atomic E-state index is 12.9. The van der Waals surface area contributed by atoms with Crippen molar-refractivity contribution >= 4 is 52.6 Å². The molecule has 1 unspecified atom stereocenters. The van der Waals surface area contributed by atoms with Gasteiger partial charge in [-0.1, -0.05) is 59.6 Å². The third-order valence-corrected chi connectivity index (χ3v) is 5.83. The molecule has 0 saturated carbocycles. The zero-order chi connectivity index (χ0) is 22.1. The van der Waals surface area contributed by atoms with Crippen LogP contribution in [0, 0.1) is 6.92 Å². The Balaban J connectivity index is 1.60. The summed E-state index contributed by atoms with van der Waals surface area (Å²) in [6.45, 7) is 1.73. The molecular weight excluding hydrogens is 459 g/mol. The van der Waals surface area contributed by atoms with E-state index in [2.05, 4.69) is 0 Å². The van der Waals surface area contributed by atoms with Crippen LogP contribution < -0.4 is 9.47 Å². The number of allylic oxidation sites excluding steroid dienone is 1. The number of benzene rings is 3. The summed E-state index contributed by atoms with van der Waals surface area (Å²) in [6.07, 6.45) is 1.50. The van der Waals surface area contributed by atoms with Gasteiger partial charge in [-0.05, 0) is 42.3 Å². The second kappa shape index (κ2) is 8.75. The Labute approximate surface area is 193 Å². The van der Waals surface area contributed by atoms with Gasteiger partial charge >= 0.3 is 5.97 Å². The van der Waals surface area contributed by atoms with Gasteiger partial charge in [-0.25, -0.2) is 4.79 Å². The molecule has 0 aromatic heterocycles. The summed E-state index contributed by atoms with van der Waals surface area (Å²) in [7, 11) is 0. The molecule has 0 N–H and O–H groups in total. The Hall–Kier alpha value is -2.79. The van der Waals surface area contributed by atoms with Crippen LogP contribution >= 0.6 is 34.8 Å². The Morgan fingerprint density at radius 1 is 1.03 bits per heavy atom. The number of aryl methyl sites for hydroxylation is 1. The largest absolute Gasteiger partial charge is 0.452 e. The quantitative estimate of drug-likeness (QED) is 0.181. The van der Waals surface area contributed by atoms with Gasteiger partial charge in [0.25, 0.3) is 0 Å². The molecule has 0 spiro atoms. The Morgan fingerprint density at radius 2 is 1.71 bits per heavy atom. The van der Waals surface area contributed by atoms with E-state index in [0.717, 1.165) is 0 Å². The van der Waals surface area contributed by atoms with Crippen molar-refractivity contribution in [2.75, 3.05) is 0 Å². The number of hydrogen-bond acceptors (Lipinski definition) is 4. The molecule has 7 heteroatoms. The monoisotopic (exact) mass is 472 g/mol. The van der Waals surface area contributed by atoms with Crippen LogP contribution in [0.4, 0.5) is 0 Å². The van der Waals surface area contributed by atoms with Crippen molar-refractivity contribution in [3.8, 4) is 11.5 Å². The van der Waals surface area contributed by atoms with Crippen molar-refractivity contribution in [1.29, 1.82) is 0 Å². The molecule has 0 amide bonds. The molecular formula is C24H15Cl3O4. The third-order valence-electron chi connectivity index (χ3n) is 4.74. The summed E-state index contributed by atoms with van der Waals surface area (Å²) < 4.78 is 11.2. The molecule has 1 heterocycles. The fourth-order valence-electron chi connectivity index (χ4n) is 3.24. The van der Waals surface area contributed by atoms with Crippen molar-refractivity contribution in [1.82, 2.24) is 0 Å². The van der Waals surface area contributed by atoms with Gasteiger partial charge in [0.2, 0.25) is 5.78 Å². The van der Waals surface area contributed by atoms with E-state index >= 15 is 0 Å². The summed E-state index contributed by atoms with van der Waals surface area (Å²) in [5.74, 6) is -0.340. The van der Waals surface area contributed by atoms with Crippen LogP contribution in [-0.4, -0.2) is 11.8 Å². The lowest BCUT2D eigenvalue weighted by molar-refractivity contribution is -0.134. The van der Waals surface area contributed by atoms with Crippen molar-refractivity contribution in [2.45, 2.75) is 12.3 Å². The number of fused-ring (bicyclic) bond motifs is 1. The molecule has 31 heavy (non-hydrogen) atoms. The standard InChI is InChI=1S/C24H15Cl3O4/c1-13-10-15(30-24(29)22(27)14-6-3-2-4-7-14)11-19-21(13)23(28)20(31-19)12-16-17(25)8-5-9-18(16)26/h2-12,22H,1H3/b20-12-. The van der Waals surface area contributed by atoms with Crippen molar-refractivity contribution in [3.63, 3.8) is 0 Å². The lowest BCUT2D eigenvalue weighted by Crippen LogP contribution is -2.14. The normalized spacial score (nSPS) is 14.8. The van der Waals surface area contributed by atoms with Crippen molar-refractivity contribution in [3.05, 3.63) is 98.7 Å². The van der Waals surface area contributed by atoms with E-state index in [9.17, 15) is 9.59 Å². The summed E-state index contributed by atoms with van der Waals surface area (Å²) in [5, 5.41) is -0.171. The molecule has 1 atom stereocenters. The first kappa shape index (κ1) is 21.4. The number of carbonyl (C=O) groups is 2. The number of carbonyl (C=O) groups excluding carboxylic acids is 2. The first-order valence-electron chi connectivity index (χ1n) is 9.29. The van der Waals surface area contributed by atoms with Gasteiger partial charge < -0.3 is 9.47 Å². The van der Waals surface area contributed by atoms with E-state index in [1.165, 1.54) is 12.1 Å². The molecule has 0 aliphatic carbocycles. The van der Waals surface area contributed by atoms with Gasteiger partial charge in [-0.3, -0.25) is 4.79 Å². The summed E-state index contributed by atoms with van der Waals surface area (Å²) in [6, 6.07) is 17.0. The third kappa shape index (κ3) is 4.33. The van der Waals surface area contributed by atoms with Crippen molar-refractivity contribution in [2.24, 2.45) is 0 Å². The molecule has 1 aliphatic rings. The number of hydrogen-bond donors (Lipinski definition) is 0. The summed E-state index contributed by atoms with van der Waals surface area (Å²) in [5.41, 5.74) is 2.10. The molecule has 0 bridgehead atoms. The zero-order valence-electron chi connectivity index (χ0n) is 16.2. The van der Waals surface area contributed by atoms with Crippen LogP contribution in [0.5, 0.6) is 11.5 Å². The molecule has 156 valence electrons. The Bertz CT molecular complexity index is 1200. The van der Waals surface area contributed by atoms with Gasteiger partial charge in [0, 0.05) is 21.7 Å². The smallest absolute Gasteiger partial charge is 0.334 e. The van der Waals surface area contributed by atoms with E-state index in [1.54, 1.807) is 55.5 Å². The summed E-state index contributed by atoms with van der Waals surface area (Å²) >= 11 is 18.6. The van der Waals surface area contributed by atoms with Crippen LogP contribution in [0.2, 0.25) is 10.0 Å². The molecule has 4 rings (SSSR count). The maximum atomic E-state index is 12.9. The number of halogens is 3. The molecule has 1 aliphatic heterocycles. The topological polar surface area (TPSA) is 52.6 Å². The van der Waals surface area contributed by atoms with Crippen LogP contribution in [-0.2, 0) is 4.79 Å². The fourth-order valence-corrected chi connectivity index (χ4v) is 3.94. The number of ether oxygens (including phenoxy) is 2. The Morgan fingerprint density at radius 3 is 2.39 bits per heavy atom. The molecule has 4 nitrogen and oxygen atoms in total. The predicted octanol–water partition coefficient (Wildman–Crippen LogP) is 6.80. The number of Topliss-reactive ketones (excluding diaryl/α,β-unsaturated/α-hetero) is 1. The first-order valence-corrected chi connectivity index (χ1v) is 10.5. The van der Waals surface area contributed by atoms with Crippen molar-refractivity contribution < 1.29 is 19.1 Å². The molecule has 0 saturated heterocycles. The molecule has 0 radical (unpaired) electrons. The van der Waals surface area contributed by atoms with E-state index in [0.29, 0.717) is 32.3 Å². The van der Waals surface area contributed by atoms with E-state index in [-0.39, 0.29) is 23.0 Å². The van der Waals surface area contributed by atoms with Gasteiger partial charge in [0.15, 0.2) is 11.1 Å². The highest BCUT2D eigenvalue weighted by Crippen LogP contribution is 2.39. The average molecular weight is 474 g/mol. The maximum Gasteiger partial charge on any atom is 0.334 e. The van der Waals surface area contributed by atoms with Crippen LogP contribution in [0.3, 0.4) is 0 Å². The molecule has 3 aromatic carbocycles. The number of rotatable bonds is 4. The second-order valence-corrected chi connectivity index (χ2v) is 8.13. The second-order valence-electron chi connectivity index (χ2n) is 6.88.